The van der Waals surface area contributed by atoms with Crippen LogP contribution in [-0.2, 0) is 0 Å². The van der Waals surface area contributed by atoms with Gasteiger partial charge in [0.2, 0.25) is 0 Å². The quantitative estimate of drug-likeness (QED) is 0.638. The van der Waals surface area contributed by atoms with E-state index in [0.717, 1.165) is 0 Å². The van der Waals surface area contributed by atoms with E-state index in [-0.39, 0.29) is 58.9 Å². The number of hydrogen-bond donors (Lipinski definition) is 1. The Morgan fingerprint density at radius 1 is 1.23 bits per heavy atom. The van der Waals surface area contributed by atoms with Crippen LogP contribution in [0.2, 0.25) is 0 Å². The predicted molar refractivity (Wildman–Crippen MR) is 71.4 cm³/mol. The van der Waals surface area contributed by atoms with Gasteiger partial charge in [0.1, 0.15) is 18.0 Å². The van der Waals surface area contributed by atoms with Crippen LogP contribution < -0.4 is 48.8 Å². The van der Waals surface area contributed by atoms with Gasteiger partial charge >= 0.3 is 36.7 Å². The van der Waals surface area contributed by atoms with Gasteiger partial charge in [0.05, 0.1) is 11.5 Å². The van der Waals surface area contributed by atoms with Crippen LogP contribution in [0.15, 0.2) is 42.5 Å². The summed E-state index contributed by atoms with van der Waals surface area (Å²) in [7, 11) is -1.23. The van der Waals surface area contributed by atoms with Gasteiger partial charge in [0.15, 0.2) is 11.5 Å². The zero-order chi connectivity index (χ0) is 14.8. The van der Waals surface area contributed by atoms with E-state index >= 15 is 0 Å². The van der Waals surface area contributed by atoms with E-state index in [1.54, 1.807) is 24.3 Å². The normalized spacial score (nSPS) is 12.3. The topological polar surface area (TPSA) is 88.1 Å². The van der Waals surface area contributed by atoms with Crippen molar-refractivity contribution in [1.82, 2.24) is 0 Å². The first kappa shape index (κ1) is 16.7. The third kappa shape index (κ3) is 3.39. The van der Waals surface area contributed by atoms with Crippen LogP contribution in [-0.4, -0.2) is 24.6 Å². The Hall–Kier alpha value is -1.67. The zero-order valence-electron chi connectivity index (χ0n) is 11.8. The maximum atomic E-state index is 11.4. The van der Waals surface area contributed by atoms with E-state index < -0.39 is 13.1 Å². The van der Waals surface area contributed by atoms with Crippen LogP contribution in [0.5, 0.6) is 23.0 Å². The van der Waals surface area contributed by atoms with E-state index in [1.807, 2.05) is 6.07 Å². The van der Waals surface area contributed by atoms with Gasteiger partial charge in [-0.05, 0) is 24.3 Å². The molecule has 0 saturated heterocycles. The monoisotopic (exact) mass is 308 g/mol. The minimum atomic E-state index is -1.48. The van der Waals surface area contributed by atoms with Crippen molar-refractivity contribution in [2.45, 2.75) is 0 Å². The van der Waals surface area contributed by atoms with Gasteiger partial charge < -0.3 is 29.1 Å². The maximum Gasteiger partial charge on any atom is 1.00 e. The van der Waals surface area contributed by atoms with Crippen LogP contribution in [0.1, 0.15) is 10.4 Å². The Labute approximate surface area is 149 Å². The van der Waals surface area contributed by atoms with Gasteiger partial charge in [-0.2, -0.15) is 0 Å². The third-order valence-electron chi connectivity index (χ3n) is 2.89. The fourth-order valence-corrected chi connectivity index (χ4v) is 2.00. The Balaban J connectivity index is 0.00000176. The van der Waals surface area contributed by atoms with Gasteiger partial charge in [-0.25, -0.2) is 0 Å². The molecule has 0 radical (unpaired) electrons. The summed E-state index contributed by atoms with van der Waals surface area (Å²) in [5, 5.41) is 20.8. The van der Waals surface area contributed by atoms with Crippen molar-refractivity contribution in [1.29, 1.82) is 0 Å². The molecule has 106 valence electrons. The summed E-state index contributed by atoms with van der Waals surface area (Å²) in [6, 6.07) is 11.7. The number of carbonyl (C=O) groups is 1. The number of benzene rings is 2. The summed E-state index contributed by atoms with van der Waals surface area (Å²) in [6.07, 6.45) is 0. The number of fused-ring (bicyclic) bond motifs is 1. The second-order valence-electron chi connectivity index (χ2n) is 4.35. The summed E-state index contributed by atoms with van der Waals surface area (Å²) in [4.78, 5) is 11.4. The van der Waals surface area contributed by atoms with Crippen LogP contribution >= 0.6 is 0 Å². The van der Waals surface area contributed by atoms with Gasteiger partial charge in [0.25, 0.3) is 0 Å². The summed E-state index contributed by atoms with van der Waals surface area (Å²) >= 11 is 0. The molecule has 0 aliphatic carbocycles. The first-order valence-corrected chi connectivity index (χ1v) is 6.24. The minimum Gasteiger partial charge on any atom is -0.545 e. The average Bonchev–Trinajstić information content (AvgIpc) is 2.47. The van der Waals surface area contributed by atoms with Crippen LogP contribution in [0.4, 0.5) is 0 Å². The number of rotatable bonds is 3. The zero-order valence-corrected chi connectivity index (χ0v) is 13.8. The molecule has 3 rings (SSSR count). The molecule has 1 aliphatic rings. The van der Waals surface area contributed by atoms with E-state index in [2.05, 4.69) is 0 Å². The molecule has 0 spiro atoms. The van der Waals surface area contributed by atoms with Gasteiger partial charge in [-0.15, -0.1) is 0 Å². The van der Waals surface area contributed by atoms with Crippen LogP contribution in [0.3, 0.4) is 0 Å². The van der Waals surface area contributed by atoms with Crippen molar-refractivity contribution < 1.29 is 58.6 Å². The SMILES string of the molecule is O=C([O-])c1c(Oc2ccccc2)ccc2c1OB(O)CO2.[Na+]. The minimum absolute atomic E-state index is 0. The number of carboxylic acids is 1. The Bertz CT molecular complexity index is 679. The molecule has 0 unspecified atom stereocenters. The van der Waals surface area contributed by atoms with E-state index in [9.17, 15) is 14.9 Å². The number of carboxylic acid groups (broad SMARTS) is 1. The molecule has 0 saturated carbocycles. The molecule has 6 nitrogen and oxygen atoms in total. The van der Waals surface area contributed by atoms with Gasteiger partial charge in [0, 0.05) is 0 Å². The molecule has 1 N–H and O–H groups in total. The Morgan fingerprint density at radius 3 is 2.64 bits per heavy atom. The van der Waals surface area contributed by atoms with Crippen LogP contribution in [0, 0.1) is 0 Å². The summed E-state index contributed by atoms with van der Waals surface area (Å²) < 4.78 is 15.9. The van der Waals surface area contributed by atoms with E-state index in [1.165, 1.54) is 12.1 Å². The molecular weight excluding hydrogens is 298 g/mol. The average molecular weight is 308 g/mol. The fraction of sp³-hybridized carbons (Fsp3) is 0.0714. The third-order valence-corrected chi connectivity index (χ3v) is 2.89. The second-order valence-corrected chi connectivity index (χ2v) is 4.35. The molecule has 1 heterocycles. The molecule has 0 atom stereocenters. The molecule has 8 heteroatoms. The summed E-state index contributed by atoms with van der Waals surface area (Å²) in [5.74, 6) is -0.826. The van der Waals surface area contributed by atoms with Crippen molar-refractivity contribution in [3.05, 3.63) is 48.0 Å². The van der Waals surface area contributed by atoms with E-state index in [0.29, 0.717) is 5.75 Å². The van der Waals surface area contributed by atoms with Crippen molar-refractivity contribution in [2.75, 3.05) is 6.51 Å². The molecule has 0 fully saturated rings. The Kier molecular flexibility index (Phi) is 5.36. The number of carbonyl (C=O) groups excluding carboxylic acids is 1. The summed E-state index contributed by atoms with van der Waals surface area (Å²) in [5.41, 5.74) is -0.296. The standard InChI is InChI=1S/C14H11BO6.Na/c16-14(17)12-10(20-9-4-2-1-3-5-9)6-7-11-13(12)21-15(18)8-19-11;/h1-7,18H,8H2,(H,16,17);/q;+1/p-1. The number of para-hydroxylation sites is 1. The molecule has 22 heavy (non-hydrogen) atoms. The van der Waals surface area contributed by atoms with Crippen molar-refractivity contribution in [3.63, 3.8) is 0 Å². The first-order chi connectivity index (χ1) is 10.1. The van der Waals surface area contributed by atoms with Gasteiger partial charge in [-0.1, -0.05) is 18.2 Å². The summed E-state index contributed by atoms with van der Waals surface area (Å²) in [6.45, 7) is -0.0711. The number of aromatic carboxylic acids is 1. The smallest absolute Gasteiger partial charge is 0.545 e. The van der Waals surface area contributed by atoms with Gasteiger partial charge in [-0.3, -0.25) is 0 Å². The number of hydrogen-bond acceptors (Lipinski definition) is 6. The van der Waals surface area contributed by atoms with Crippen molar-refractivity contribution in [3.8, 4) is 23.0 Å². The molecule has 0 aromatic heterocycles. The largest absolute Gasteiger partial charge is 1.00 e. The fourth-order valence-electron chi connectivity index (χ4n) is 2.00. The molecule has 0 bridgehead atoms. The number of ether oxygens (including phenoxy) is 2. The van der Waals surface area contributed by atoms with Crippen molar-refractivity contribution in [2.24, 2.45) is 0 Å². The molecule has 0 amide bonds. The molecule has 1 aliphatic heterocycles. The van der Waals surface area contributed by atoms with E-state index in [4.69, 9.17) is 14.1 Å². The molecule has 2 aromatic carbocycles. The molecular formula is C14H10BNaO6. The second kappa shape index (κ2) is 7.06. The maximum absolute atomic E-state index is 11.4. The molecule has 2 aromatic rings. The first-order valence-electron chi connectivity index (χ1n) is 6.24. The predicted octanol–water partition coefficient (Wildman–Crippen LogP) is -2.36. The van der Waals surface area contributed by atoms with Crippen LogP contribution in [0.25, 0.3) is 0 Å². The Morgan fingerprint density at radius 2 is 1.95 bits per heavy atom. The van der Waals surface area contributed by atoms with Crippen molar-refractivity contribution >= 4 is 13.1 Å².